The lowest BCUT2D eigenvalue weighted by Gasteiger charge is -2.38. The van der Waals surface area contributed by atoms with Gasteiger partial charge in [0, 0.05) is 43.4 Å². The van der Waals surface area contributed by atoms with E-state index >= 15 is 0 Å². The van der Waals surface area contributed by atoms with Gasteiger partial charge in [0.2, 0.25) is 0 Å². The fraction of sp³-hybridized carbons (Fsp3) is 0.421. The Morgan fingerprint density at radius 2 is 1.61 bits per heavy atom. The summed E-state index contributed by atoms with van der Waals surface area (Å²) in [7, 11) is 5.46. The Morgan fingerprint density at radius 3 is 2.16 bits per heavy atom. The highest BCUT2D eigenvalue weighted by atomic mass is 35.5. The first-order valence-corrected chi connectivity index (χ1v) is 17.1. The van der Waals surface area contributed by atoms with E-state index in [0.29, 0.717) is 32.1 Å². The maximum Gasteiger partial charge on any atom is 0.319 e. The molecule has 258 valence electrons. The molecule has 1 fully saturated rings. The van der Waals surface area contributed by atoms with E-state index in [1.54, 1.807) is 14.2 Å². The van der Waals surface area contributed by atoms with Crippen LogP contribution >= 0.6 is 11.6 Å². The SMILES string of the molecule is CCN(c1nc(OCC2(C)CCCN(C)C2)nc(Cl)c1C#N)[C@H](C)c1cccnc1N(Cc1ccc(OC)cc1)Cc1ccc(OC)cc1. The van der Waals surface area contributed by atoms with Crippen molar-refractivity contribution in [2.45, 2.75) is 52.7 Å². The number of anilines is 2. The molecule has 4 aromatic rings. The van der Waals surface area contributed by atoms with Crippen LogP contribution in [0.5, 0.6) is 17.5 Å². The van der Waals surface area contributed by atoms with Crippen LogP contribution in [0.25, 0.3) is 0 Å². The summed E-state index contributed by atoms with van der Waals surface area (Å²) in [6.45, 7) is 10.6. The van der Waals surface area contributed by atoms with Gasteiger partial charge in [-0.2, -0.15) is 15.2 Å². The van der Waals surface area contributed by atoms with Gasteiger partial charge in [0.25, 0.3) is 0 Å². The van der Waals surface area contributed by atoms with E-state index in [1.807, 2.05) is 43.5 Å². The van der Waals surface area contributed by atoms with Crippen molar-refractivity contribution in [3.05, 3.63) is 94.3 Å². The minimum Gasteiger partial charge on any atom is -0.497 e. The summed E-state index contributed by atoms with van der Waals surface area (Å²) in [5.41, 5.74) is 3.38. The number of nitrogens with zero attached hydrogens (tertiary/aromatic N) is 7. The quantitative estimate of drug-likeness (QED) is 0.126. The average molecular weight is 684 g/mol. The number of halogens is 1. The lowest BCUT2D eigenvalue weighted by atomic mass is 9.83. The molecule has 0 amide bonds. The molecular weight excluding hydrogens is 638 g/mol. The number of nitriles is 1. The standard InChI is InChI=1S/C38H46ClN7O3/c1-7-46(36-33(22-40)34(39)42-37(43-36)49-26-38(3)19-9-21-44(4)25-38)27(2)32-10-8-20-41-35(32)45(23-28-11-15-30(47-5)16-12-28)24-29-13-17-31(48-6)18-14-29/h8,10-18,20,27H,7,9,19,21,23-26H2,1-6H3/t27-,38?/m1/s1. The van der Waals surface area contributed by atoms with Crippen molar-refractivity contribution in [3.8, 4) is 23.6 Å². The number of ether oxygens (including phenoxy) is 3. The topological polar surface area (TPSA) is 99.9 Å². The third-order valence-corrected chi connectivity index (χ3v) is 9.44. The normalized spacial score (nSPS) is 16.8. The van der Waals surface area contributed by atoms with Gasteiger partial charge in [-0.3, -0.25) is 0 Å². The maximum absolute atomic E-state index is 10.2. The summed E-state index contributed by atoms with van der Waals surface area (Å²) in [6.07, 6.45) is 3.98. The molecule has 5 rings (SSSR count). The van der Waals surface area contributed by atoms with Crippen molar-refractivity contribution in [2.75, 3.05) is 57.3 Å². The second-order valence-corrected chi connectivity index (χ2v) is 13.3. The Labute approximate surface area is 295 Å². The summed E-state index contributed by atoms with van der Waals surface area (Å²) < 4.78 is 17.0. The molecule has 1 saturated heterocycles. The summed E-state index contributed by atoms with van der Waals surface area (Å²) in [5, 5.41) is 10.3. The van der Waals surface area contributed by atoms with Crippen LogP contribution in [0.15, 0.2) is 66.9 Å². The van der Waals surface area contributed by atoms with Crippen LogP contribution in [0, 0.1) is 16.7 Å². The molecule has 2 aromatic heterocycles. The molecule has 3 heterocycles. The van der Waals surface area contributed by atoms with E-state index in [2.05, 4.69) is 77.0 Å². The van der Waals surface area contributed by atoms with Gasteiger partial charge >= 0.3 is 6.01 Å². The third kappa shape index (κ3) is 8.72. The molecule has 11 heteroatoms. The molecule has 2 aromatic carbocycles. The van der Waals surface area contributed by atoms with Gasteiger partial charge in [0.15, 0.2) is 11.0 Å². The van der Waals surface area contributed by atoms with Crippen LogP contribution in [0.3, 0.4) is 0 Å². The van der Waals surface area contributed by atoms with Gasteiger partial charge in [-0.1, -0.05) is 48.9 Å². The first kappa shape index (κ1) is 35.7. The van der Waals surface area contributed by atoms with Crippen LogP contribution < -0.4 is 24.0 Å². The molecule has 2 atom stereocenters. The Morgan fingerprint density at radius 1 is 0.980 bits per heavy atom. The lowest BCUT2D eigenvalue weighted by molar-refractivity contribution is 0.0658. The summed E-state index contributed by atoms with van der Waals surface area (Å²) in [4.78, 5) is 20.8. The second-order valence-electron chi connectivity index (χ2n) is 13.0. The first-order chi connectivity index (χ1) is 23.7. The summed E-state index contributed by atoms with van der Waals surface area (Å²) in [5.74, 6) is 2.86. The fourth-order valence-corrected chi connectivity index (χ4v) is 6.80. The van der Waals surface area contributed by atoms with Crippen molar-refractivity contribution >= 4 is 23.2 Å². The van der Waals surface area contributed by atoms with Gasteiger partial charge in [0.1, 0.15) is 28.9 Å². The molecule has 10 nitrogen and oxygen atoms in total. The van der Waals surface area contributed by atoms with Gasteiger partial charge < -0.3 is 28.9 Å². The Kier molecular flexibility index (Phi) is 11.8. The number of hydrogen-bond acceptors (Lipinski definition) is 10. The number of piperidine rings is 1. The zero-order chi connectivity index (χ0) is 35.0. The average Bonchev–Trinajstić information content (AvgIpc) is 3.11. The van der Waals surface area contributed by atoms with Crippen molar-refractivity contribution in [1.29, 1.82) is 5.26 Å². The molecule has 0 aliphatic carbocycles. The molecule has 0 radical (unpaired) electrons. The van der Waals surface area contributed by atoms with Crippen LogP contribution in [-0.4, -0.2) is 67.4 Å². The van der Waals surface area contributed by atoms with Gasteiger partial charge in [0.05, 0.1) is 26.9 Å². The third-order valence-electron chi connectivity index (χ3n) is 9.17. The van der Waals surface area contributed by atoms with Crippen molar-refractivity contribution < 1.29 is 14.2 Å². The zero-order valence-corrected chi connectivity index (χ0v) is 30.1. The number of likely N-dealkylation sites (tertiary alicyclic amines) is 1. The number of pyridine rings is 1. The highest BCUT2D eigenvalue weighted by Gasteiger charge is 2.32. The Bertz CT molecular complexity index is 1680. The van der Waals surface area contributed by atoms with Crippen LogP contribution in [0.1, 0.15) is 61.9 Å². The zero-order valence-electron chi connectivity index (χ0n) is 29.3. The van der Waals surface area contributed by atoms with E-state index < -0.39 is 0 Å². The van der Waals surface area contributed by atoms with Gasteiger partial charge in [-0.15, -0.1) is 0 Å². The predicted molar refractivity (Wildman–Crippen MR) is 194 cm³/mol. The molecule has 0 bridgehead atoms. The van der Waals surface area contributed by atoms with E-state index in [-0.39, 0.29) is 28.2 Å². The summed E-state index contributed by atoms with van der Waals surface area (Å²) in [6, 6.07) is 22.4. The number of methoxy groups -OCH3 is 2. The monoisotopic (exact) mass is 683 g/mol. The van der Waals surface area contributed by atoms with E-state index in [0.717, 1.165) is 59.9 Å². The van der Waals surface area contributed by atoms with Crippen molar-refractivity contribution in [1.82, 2.24) is 19.9 Å². The van der Waals surface area contributed by atoms with Gasteiger partial charge in [-0.05, 0) is 81.7 Å². The fourth-order valence-electron chi connectivity index (χ4n) is 6.60. The van der Waals surface area contributed by atoms with Crippen LogP contribution in [0.4, 0.5) is 11.6 Å². The molecule has 0 N–H and O–H groups in total. The molecule has 1 aliphatic rings. The largest absolute Gasteiger partial charge is 0.497 e. The maximum atomic E-state index is 10.2. The molecule has 1 unspecified atom stereocenters. The second kappa shape index (κ2) is 16.2. The first-order valence-electron chi connectivity index (χ1n) is 16.7. The highest BCUT2D eigenvalue weighted by Crippen LogP contribution is 2.37. The number of rotatable bonds is 14. The predicted octanol–water partition coefficient (Wildman–Crippen LogP) is 7.32. The molecular formula is C38H46ClN7O3. The van der Waals surface area contributed by atoms with E-state index in [1.165, 1.54) is 0 Å². The lowest BCUT2D eigenvalue weighted by Crippen LogP contribution is -2.42. The Balaban J connectivity index is 1.49. The van der Waals surface area contributed by atoms with Crippen molar-refractivity contribution in [3.63, 3.8) is 0 Å². The van der Waals surface area contributed by atoms with E-state index in [9.17, 15) is 5.26 Å². The number of hydrogen-bond donors (Lipinski definition) is 0. The molecule has 0 spiro atoms. The number of aromatic nitrogens is 3. The smallest absolute Gasteiger partial charge is 0.319 e. The number of benzene rings is 2. The van der Waals surface area contributed by atoms with Crippen LogP contribution in [-0.2, 0) is 13.1 Å². The van der Waals surface area contributed by atoms with Crippen LogP contribution in [0.2, 0.25) is 5.15 Å². The minimum atomic E-state index is -0.238. The molecule has 1 aliphatic heterocycles. The van der Waals surface area contributed by atoms with E-state index in [4.69, 9.17) is 35.8 Å². The Hall–Kier alpha value is -4.59. The molecule has 49 heavy (non-hydrogen) atoms. The minimum absolute atomic E-state index is 0.0313. The molecule has 0 saturated carbocycles. The highest BCUT2D eigenvalue weighted by molar-refractivity contribution is 6.30. The van der Waals surface area contributed by atoms with Gasteiger partial charge in [-0.25, -0.2) is 4.98 Å². The summed E-state index contributed by atoms with van der Waals surface area (Å²) >= 11 is 6.64. The van der Waals surface area contributed by atoms with Crippen molar-refractivity contribution in [2.24, 2.45) is 5.41 Å².